The van der Waals surface area contributed by atoms with E-state index >= 15 is 0 Å². The number of carboxylic acid groups (broad SMARTS) is 1. The molecular formula is C14H22N2O3S. The lowest BCUT2D eigenvalue weighted by Crippen LogP contribution is -2.43. The van der Waals surface area contributed by atoms with Crippen molar-refractivity contribution in [3.8, 4) is 0 Å². The van der Waals surface area contributed by atoms with Crippen molar-refractivity contribution >= 4 is 23.3 Å². The maximum atomic E-state index is 12.1. The van der Waals surface area contributed by atoms with Gasteiger partial charge in [0.25, 0.3) is 0 Å². The lowest BCUT2D eigenvalue weighted by atomic mass is 10.3. The van der Waals surface area contributed by atoms with Crippen LogP contribution >= 0.6 is 11.3 Å². The molecule has 6 heteroatoms. The number of hydrogen-bond acceptors (Lipinski definition) is 3. The van der Waals surface area contributed by atoms with Gasteiger partial charge in [0.2, 0.25) is 0 Å². The summed E-state index contributed by atoms with van der Waals surface area (Å²) in [7, 11) is 0. The molecule has 1 aromatic heterocycles. The standard InChI is InChI=1S/C14H22N2O3S/c1-10(2)16(9-12-7-6-11(3)20-12)14(19)15-8-4-5-13(17)18/h6-7,10H,4-5,8-9H2,1-3H3,(H,15,19)(H,17,18). The fourth-order valence-electron chi connectivity index (χ4n) is 1.76. The molecule has 0 saturated carbocycles. The number of hydrogen-bond donors (Lipinski definition) is 2. The van der Waals surface area contributed by atoms with E-state index in [2.05, 4.69) is 5.32 Å². The van der Waals surface area contributed by atoms with Crippen molar-refractivity contribution < 1.29 is 14.7 Å². The van der Waals surface area contributed by atoms with Crippen LogP contribution in [0.2, 0.25) is 0 Å². The molecule has 5 nitrogen and oxygen atoms in total. The number of aliphatic carboxylic acids is 1. The third-order valence-corrected chi connectivity index (χ3v) is 3.84. The molecule has 2 amide bonds. The summed E-state index contributed by atoms with van der Waals surface area (Å²) in [6, 6.07) is 4.03. The highest BCUT2D eigenvalue weighted by molar-refractivity contribution is 7.11. The highest BCUT2D eigenvalue weighted by atomic mass is 32.1. The maximum Gasteiger partial charge on any atom is 0.317 e. The molecule has 0 saturated heterocycles. The van der Waals surface area contributed by atoms with Crippen LogP contribution in [0.15, 0.2) is 12.1 Å². The first-order valence-corrected chi connectivity index (χ1v) is 7.53. The van der Waals surface area contributed by atoms with Crippen LogP contribution in [0.5, 0.6) is 0 Å². The summed E-state index contributed by atoms with van der Waals surface area (Å²) in [5.74, 6) is -0.839. The third kappa shape index (κ3) is 5.61. The summed E-state index contributed by atoms with van der Waals surface area (Å²) < 4.78 is 0. The van der Waals surface area contributed by atoms with Gasteiger partial charge in [-0.3, -0.25) is 4.79 Å². The molecule has 1 aromatic rings. The van der Waals surface area contributed by atoms with Crippen molar-refractivity contribution in [2.75, 3.05) is 6.54 Å². The third-order valence-electron chi connectivity index (χ3n) is 2.85. The maximum absolute atomic E-state index is 12.1. The number of nitrogens with one attached hydrogen (secondary N) is 1. The van der Waals surface area contributed by atoms with Gasteiger partial charge in [-0.05, 0) is 39.3 Å². The molecule has 0 aliphatic carbocycles. The summed E-state index contributed by atoms with van der Waals surface area (Å²) >= 11 is 1.68. The summed E-state index contributed by atoms with van der Waals surface area (Å²) in [5, 5.41) is 11.3. The number of carboxylic acids is 1. The minimum absolute atomic E-state index is 0.0755. The van der Waals surface area contributed by atoms with Gasteiger partial charge in [-0.15, -0.1) is 11.3 Å². The topological polar surface area (TPSA) is 69.6 Å². The van der Waals surface area contributed by atoms with E-state index < -0.39 is 5.97 Å². The lowest BCUT2D eigenvalue weighted by Gasteiger charge is -2.26. The number of nitrogens with zero attached hydrogens (tertiary/aromatic N) is 1. The average Bonchev–Trinajstić information content (AvgIpc) is 2.76. The van der Waals surface area contributed by atoms with Gasteiger partial charge in [-0.25, -0.2) is 4.79 Å². The van der Waals surface area contributed by atoms with Crippen molar-refractivity contribution in [1.82, 2.24) is 10.2 Å². The van der Waals surface area contributed by atoms with E-state index in [-0.39, 0.29) is 18.5 Å². The van der Waals surface area contributed by atoms with Gasteiger partial charge in [0.05, 0.1) is 6.54 Å². The first-order chi connectivity index (χ1) is 9.40. The molecule has 0 atom stereocenters. The van der Waals surface area contributed by atoms with Crippen molar-refractivity contribution in [3.63, 3.8) is 0 Å². The Morgan fingerprint density at radius 2 is 2.10 bits per heavy atom. The summed E-state index contributed by atoms with van der Waals surface area (Å²) in [6.07, 6.45) is 0.525. The second kappa shape index (κ2) is 7.89. The molecule has 0 unspecified atom stereocenters. The Morgan fingerprint density at radius 3 is 2.60 bits per heavy atom. The van der Waals surface area contributed by atoms with E-state index in [0.29, 0.717) is 19.5 Å². The minimum atomic E-state index is -0.839. The van der Waals surface area contributed by atoms with Crippen LogP contribution < -0.4 is 5.32 Å². The second-order valence-corrected chi connectivity index (χ2v) is 6.34. The molecule has 1 rings (SSSR count). The summed E-state index contributed by atoms with van der Waals surface area (Å²) in [6.45, 7) is 6.95. The van der Waals surface area contributed by atoms with Crippen molar-refractivity contribution in [3.05, 3.63) is 21.9 Å². The summed E-state index contributed by atoms with van der Waals surface area (Å²) in [4.78, 5) is 26.7. The number of amides is 2. The molecule has 0 spiro atoms. The smallest absolute Gasteiger partial charge is 0.317 e. The van der Waals surface area contributed by atoms with Gasteiger partial charge in [-0.2, -0.15) is 0 Å². The zero-order valence-electron chi connectivity index (χ0n) is 12.2. The number of carbonyl (C=O) groups is 2. The van der Waals surface area contributed by atoms with Crippen LogP contribution in [0.4, 0.5) is 4.79 Å². The van der Waals surface area contributed by atoms with Crippen LogP contribution in [0.1, 0.15) is 36.4 Å². The lowest BCUT2D eigenvalue weighted by molar-refractivity contribution is -0.137. The molecular weight excluding hydrogens is 276 g/mol. The van der Waals surface area contributed by atoms with E-state index in [1.807, 2.05) is 32.9 Å². The first-order valence-electron chi connectivity index (χ1n) is 6.71. The van der Waals surface area contributed by atoms with Gasteiger partial charge >= 0.3 is 12.0 Å². The van der Waals surface area contributed by atoms with E-state index in [1.165, 1.54) is 4.88 Å². The van der Waals surface area contributed by atoms with Crippen LogP contribution in [0.3, 0.4) is 0 Å². The number of carbonyl (C=O) groups excluding carboxylic acids is 1. The number of thiophene rings is 1. The Morgan fingerprint density at radius 1 is 1.40 bits per heavy atom. The Balaban J connectivity index is 2.48. The predicted octanol–water partition coefficient (Wildman–Crippen LogP) is 2.84. The van der Waals surface area contributed by atoms with E-state index in [1.54, 1.807) is 16.2 Å². The van der Waals surface area contributed by atoms with Gasteiger partial charge in [0.15, 0.2) is 0 Å². The second-order valence-electron chi connectivity index (χ2n) is 4.96. The zero-order chi connectivity index (χ0) is 15.1. The molecule has 112 valence electrons. The van der Waals surface area contributed by atoms with Crippen molar-refractivity contribution in [2.45, 2.75) is 46.2 Å². The highest BCUT2D eigenvalue weighted by Gasteiger charge is 2.17. The minimum Gasteiger partial charge on any atom is -0.481 e. The molecule has 0 aliphatic heterocycles. The molecule has 0 bridgehead atoms. The van der Waals surface area contributed by atoms with Gasteiger partial charge in [0, 0.05) is 28.8 Å². The number of aryl methyl sites for hydroxylation is 1. The van der Waals surface area contributed by atoms with E-state index in [9.17, 15) is 9.59 Å². The average molecular weight is 298 g/mol. The van der Waals surface area contributed by atoms with Crippen LogP contribution in [-0.2, 0) is 11.3 Å². The largest absolute Gasteiger partial charge is 0.481 e. The molecule has 0 radical (unpaired) electrons. The Kier molecular flexibility index (Phi) is 6.51. The molecule has 0 fully saturated rings. The Labute approximate surface area is 123 Å². The monoisotopic (exact) mass is 298 g/mol. The Hall–Kier alpha value is -1.56. The van der Waals surface area contributed by atoms with Crippen LogP contribution in [0.25, 0.3) is 0 Å². The van der Waals surface area contributed by atoms with Gasteiger partial charge in [0.1, 0.15) is 0 Å². The van der Waals surface area contributed by atoms with E-state index in [0.717, 1.165) is 4.88 Å². The van der Waals surface area contributed by atoms with Crippen molar-refractivity contribution in [2.24, 2.45) is 0 Å². The number of urea groups is 1. The fourth-order valence-corrected chi connectivity index (χ4v) is 2.65. The van der Waals surface area contributed by atoms with Crippen LogP contribution in [0, 0.1) is 6.92 Å². The Bertz CT molecular complexity index is 457. The molecule has 20 heavy (non-hydrogen) atoms. The van der Waals surface area contributed by atoms with Gasteiger partial charge in [-0.1, -0.05) is 0 Å². The zero-order valence-corrected chi connectivity index (χ0v) is 13.0. The van der Waals surface area contributed by atoms with Crippen LogP contribution in [-0.4, -0.2) is 34.6 Å². The highest BCUT2D eigenvalue weighted by Crippen LogP contribution is 2.18. The fraction of sp³-hybridized carbons (Fsp3) is 0.571. The predicted molar refractivity (Wildman–Crippen MR) is 80.0 cm³/mol. The molecule has 1 heterocycles. The number of rotatable bonds is 7. The molecule has 0 aliphatic rings. The molecule has 2 N–H and O–H groups in total. The van der Waals surface area contributed by atoms with E-state index in [4.69, 9.17) is 5.11 Å². The van der Waals surface area contributed by atoms with Gasteiger partial charge < -0.3 is 15.3 Å². The normalized spacial score (nSPS) is 10.6. The quantitative estimate of drug-likeness (QED) is 0.760. The summed E-state index contributed by atoms with van der Waals surface area (Å²) in [5.41, 5.74) is 0. The SMILES string of the molecule is Cc1ccc(CN(C(=O)NCCCC(=O)O)C(C)C)s1. The van der Waals surface area contributed by atoms with Crippen molar-refractivity contribution in [1.29, 1.82) is 0 Å². The molecule has 0 aromatic carbocycles. The first kappa shape index (κ1) is 16.5.